The lowest BCUT2D eigenvalue weighted by molar-refractivity contribution is -0.138. The molecule has 1 saturated heterocycles. The van der Waals surface area contributed by atoms with Crippen molar-refractivity contribution < 1.29 is 18.3 Å². The molecule has 8 heteroatoms. The Morgan fingerprint density at radius 3 is 2.38 bits per heavy atom. The summed E-state index contributed by atoms with van der Waals surface area (Å²) in [6.07, 6.45) is 0.671. The number of piperidine rings is 1. The van der Waals surface area contributed by atoms with Crippen molar-refractivity contribution in [1.29, 1.82) is 5.26 Å². The van der Waals surface area contributed by atoms with Crippen molar-refractivity contribution in [2.24, 2.45) is 5.41 Å². The molecule has 178 valence electrons. The minimum absolute atomic E-state index is 0.135. The van der Waals surface area contributed by atoms with E-state index in [0.29, 0.717) is 44.6 Å². The lowest BCUT2D eigenvalue weighted by Gasteiger charge is -2.41. The SMILES string of the molecule is N#Cc1ccc(Cn2cncc2CN2CCC(CO)(Cc3ccccc3C(F)(F)F)CC2)cc1. The summed E-state index contributed by atoms with van der Waals surface area (Å²) in [5.41, 5.74) is 1.81. The van der Waals surface area contributed by atoms with E-state index in [0.717, 1.165) is 17.3 Å². The number of aliphatic hydroxyl groups is 1. The fourth-order valence-corrected chi connectivity index (χ4v) is 4.66. The molecule has 1 aliphatic rings. The Kier molecular flexibility index (Phi) is 7.05. The summed E-state index contributed by atoms with van der Waals surface area (Å²) in [5.74, 6) is 0. The summed E-state index contributed by atoms with van der Waals surface area (Å²) in [5, 5.41) is 19.1. The maximum Gasteiger partial charge on any atom is 0.416 e. The molecule has 0 amide bonds. The number of hydrogen-bond donors (Lipinski definition) is 1. The first-order chi connectivity index (χ1) is 16.3. The Labute approximate surface area is 197 Å². The first-order valence-corrected chi connectivity index (χ1v) is 11.3. The Bertz CT molecular complexity index is 1140. The molecule has 2 aromatic carbocycles. The number of alkyl halides is 3. The standard InChI is InChI=1S/C26H27F3N4O/c27-26(28,29)24-4-2-1-3-22(24)13-25(18-34)9-11-32(12-10-25)17-23-15-31-19-33(23)16-21-7-5-20(14-30)6-8-21/h1-8,15,19,34H,9-13,16-18H2. The highest BCUT2D eigenvalue weighted by molar-refractivity contribution is 5.32. The zero-order chi connectivity index (χ0) is 24.2. The number of imidazole rings is 1. The van der Waals surface area contributed by atoms with Crippen LogP contribution < -0.4 is 0 Å². The Morgan fingerprint density at radius 1 is 1.03 bits per heavy atom. The minimum Gasteiger partial charge on any atom is -0.396 e. The molecule has 2 heterocycles. The van der Waals surface area contributed by atoms with E-state index in [4.69, 9.17) is 5.26 Å². The lowest BCUT2D eigenvalue weighted by Crippen LogP contribution is -2.43. The first-order valence-electron chi connectivity index (χ1n) is 11.3. The van der Waals surface area contributed by atoms with Crippen molar-refractivity contribution in [3.8, 4) is 6.07 Å². The van der Waals surface area contributed by atoms with Crippen LogP contribution in [0.2, 0.25) is 0 Å². The summed E-state index contributed by atoms with van der Waals surface area (Å²) in [6.45, 7) is 2.57. The van der Waals surface area contributed by atoms with Gasteiger partial charge in [-0.1, -0.05) is 30.3 Å². The summed E-state index contributed by atoms with van der Waals surface area (Å²) in [6, 6.07) is 15.2. The molecule has 0 atom stereocenters. The van der Waals surface area contributed by atoms with Gasteiger partial charge in [0.15, 0.2) is 0 Å². The second-order valence-corrected chi connectivity index (χ2v) is 9.09. The van der Waals surface area contributed by atoms with Crippen LogP contribution in [0.15, 0.2) is 61.1 Å². The van der Waals surface area contributed by atoms with Crippen LogP contribution in [0.25, 0.3) is 0 Å². The van der Waals surface area contributed by atoms with E-state index in [9.17, 15) is 18.3 Å². The molecule has 0 aliphatic carbocycles. The molecule has 1 N–H and O–H groups in total. The van der Waals surface area contributed by atoms with Gasteiger partial charge in [0.05, 0.1) is 29.2 Å². The van der Waals surface area contributed by atoms with Crippen molar-refractivity contribution >= 4 is 0 Å². The predicted octanol–water partition coefficient (Wildman–Crippen LogP) is 4.64. The molecule has 0 radical (unpaired) electrons. The van der Waals surface area contributed by atoms with Gasteiger partial charge in [0.2, 0.25) is 0 Å². The monoisotopic (exact) mass is 468 g/mol. The van der Waals surface area contributed by atoms with Gasteiger partial charge in [-0.15, -0.1) is 0 Å². The second-order valence-electron chi connectivity index (χ2n) is 9.09. The molecular weight excluding hydrogens is 441 g/mol. The Hall–Kier alpha value is -3.15. The van der Waals surface area contributed by atoms with Gasteiger partial charge >= 0.3 is 6.18 Å². The zero-order valence-corrected chi connectivity index (χ0v) is 18.8. The average Bonchev–Trinajstić information content (AvgIpc) is 3.27. The van der Waals surface area contributed by atoms with Crippen molar-refractivity contribution in [2.75, 3.05) is 19.7 Å². The summed E-state index contributed by atoms with van der Waals surface area (Å²) in [4.78, 5) is 6.55. The number of benzene rings is 2. The van der Waals surface area contributed by atoms with Gasteiger partial charge in [0.25, 0.3) is 0 Å². The van der Waals surface area contributed by atoms with Crippen molar-refractivity contribution in [3.63, 3.8) is 0 Å². The zero-order valence-electron chi connectivity index (χ0n) is 18.8. The molecule has 34 heavy (non-hydrogen) atoms. The van der Waals surface area contributed by atoms with Gasteiger partial charge in [0.1, 0.15) is 0 Å². The molecule has 0 bridgehead atoms. The van der Waals surface area contributed by atoms with Gasteiger partial charge in [-0.25, -0.2) is 4.98 Å². The number of aromatic nitrogens is 2. The topological polar surface area (TPSA) is 65.1 Å². The third-order valence-electron chi connectivity index (χ3n) is 6.76. The van der Waals surface area contributed by atoms with Crippen LogP contribution in [0.3, 0.4) is 0 Å². The van der Waals surface area contributed by atoms with Crippen LogP contribution in [0.5, 0.6) is 0 Å². The molecule has 5 nitrogen and oxygen atoms in total. The summed E-state index contributed by atoms with van der Waals surface area (Å²) in [7, 11) is 0. The first kappa shape index (κ1) is 24.0. The maximum atomic E-state index is 13.4. The van der Waals surface area contributed by atoms with Gasteiger partial charge < -0.3 is 9.67 Å². The fraction of sp³-hybridized carbons (Fsp3) is 0.385. The molecule has 3 aromatic rings. The number of halogens is 3. The van der Waals surface area contributed by atoms with Crippen LogP contribution in [0, 0.1) is 16.7 Å². The number of nitrogens with zero attached hydrogens (tertiary/aromatic N) is 4. The third-order valence-corrected chi connectivity index (χ3v) is 6.76. The van der Waals surface area contributed by atoms with E-state index < -0.39 is 17.2 Å². The van der Waals surface area contributed by atoms with Gasteiger partial charge in [-0.05, 0) is 67.1 Å². The van der Waals surface area contributed by atoms with Crippen LogP contribution >= 0.6 is 0 Å². The highest BCUT2D eigenvalue weighted by atomic mass is 19.4. The number of aliphatic hydroxyl groups excluding tert-OH is 1. The van der Waals surface area contributed by atoms with Gasteiger partial charge in [-0.3, -0.25) is 4.90 Å². The van der Waals surface area contributed by atoms with Crippen LogP contribution in [0.4, 0.5) is 13.2 Å². The summed E-state index contributed by atoms with van der Waals surface area (Å²) < 4.78 is 42.4. The Balaban J connectivity index is 1.40. The molecule has 1 aromatic heterocycles. The number of hydrogen-bond acceptors (Lipinski definition) is 4. The maximum absolute atomic E-state index is 13.4. The second kappa shape index (κ2) is 10.00. The quantitative estimate of drug-likeness (QED) is 0.549. The molecular formula is C26H27F3N4O. The lowest BCUT2D eigenvalue weighted by atomic mass is 9.73. The number of nitriles is 1. The van der Waals surface area contributed by atoms with E-state index in [2.05, 4.69) is 20.5 Å². The highest BCUT2D eigenvalue weighted by Gasteiger charge is 2.38. The highest BCUT2D eigenvalue weighted by Crippen LogP contribution is 2.39. The van der Waals surface area contributed by atoms with Crippen molar-refractivity contribution in [2.45, 2.75) is 38.5 Å². The van der Waals surface area contributed by atoms with Crippen LogP contribution in [0.1, 0.15) is 40.8 Å². The smallest absolute Gasteiger partial charge is 0.396 e. The fourth-order valence-electron chi connectivity index (χ4n) is 4.66. The molecule has 0 unspecified atom stereocenters. The molecule has 0 spiro atoms. The van der Waals surface area contributed by atoms with Crippen molar-refractivity contribution in [3.05, 3.63) is 89.0 Å². The number of likely N-dealkylation sites (tertiary alicyclic amines) is 1. The van der Waals surface area contributed by atoms with E-state index in [1.165, 1.54) is 12.1 Å². The minimum atomic E-state index is -4.40. The number of rotatable bonds is 7. The predicted molar refractivity (Wildman–Crippen MR) is 122 cm³/mol. The molecule has 4 rings (SSSR count). The molecule has 0 saturated carbocycles. The normalized spacial score (nSPS) is 16.3. The third kappa shape index (κ3) is 5.49. The van der Waals surface area contributed by atoms with Crippen LogP contribution in [-0.4, -0.2) is 39.3 Å². The summed E-state index contributed by atoms with van der Waals surface area (Å²) >= 11 is 0. The van der Waals surface area contributed by atoms with Crippen LogP contribution in [-0.2, 0) is 25.7 Å². The van der Waals surface area contributed by atoms with E-state index in [-0.39, 0.29) is 18.6 Å². The van der Waals surface area contributed by atoms with Gasteiger partial charge in [-0.2, -0.15) is 18.4 Å². The van der Waals surface area contributed by atoms with Gasteiger partial charge in [0, 0.05) is 25.9 Å². The largest absolute Gasteiger partial charge is 0.416 e. The molecule has 1 aliphatic heterocycles. The van der Waals surface area contributed by atoms with E-state index in [1.54, 1.807) is 24.5 Å². The Morgan fingerprint density at radius 2 is 1.74 bits per heavy atom. The average molecular weight is 469 g/mol. The van der Waals surface area contributed by atoms with E-state index >= 15 is 0 Å². The van der Waals surface area contributed by atoms with E-state index in [1.807, 2.05) is 18.3 Å². The molecule has 1 fully saturated rings. The van der Waals surface area contributed by atoms with Crippen molar-refractivity contribution in [1.82, 2.24) is 14.5 Å².